The van der Waals surface area contributed by atoms with Gasteiger partial charge in [0.15, 0.2) is 0 Å². The van der Waals surface area contributed by atoms with Gasteiger partial charge in [-0.05, 0) is 26.2 Å². The summed E-state index contributed by atoms with van der Waals surface area (Å²) >= 11 is 0. The number of hydrogen-bond donors (Lipinski definition) is 0. The van der Waals surface area contributed by atoms with Gasteiger partial charge in [0, 0.05) is 6.42 Å². The number of hydrogen-bond acceptors (Lipinski definition) is 3. The zero-order valence-electron chi connectivity index (χ0n) is 9.67. The van der Waals surface area contributed by atoms with Crippen molar-refractivity contribution in [1.82, 2.24) is 0 Å². The molecule has 1 aliphatic rings. The van der Waals surface area contributed by atoms with Crippen molar-refractivity contribution in [2.75, 3.05) is 6.61 Å². The van der Waals surface area contributed by atoms with E-state index in [1.54, 1.807) is 6.92 Å². The number of ketones is 1. The van der Waals surface area contributed by atoms with E-state index in [0.29, 0.717) is 19.4 Å². The van der Waals surface area contributed by atoms with Gasteiger partial charge in [-0.15, -0.1) is 0 Å². The zero-order valence-corrected chi connectivity index (χ0v) is 9.67. The smallest absolute Gasteiger partial charge is 0.319 e. The quantitative estimate of drug-likeness (QED) is 0.408. The lowest BCUT2D eigenvalue weighted by molar-refractivity contribution is -0.161. The summed E-state index contributed by atoms with van der Waals surface area (Å²) in [6.07, 6.45) is 4.91. The monoisotopic (exact) mass is 212 g/mol. The van der Waals surface area contributed by atoms with E-state index in [1.807, 2.05) is 6.92 Å². The molecular formula is C12H20O3. The second-order valence-electron chi connectivity index (χ2n) is 4.45. The van der Waals surface area contributed by atoms with Gasteiger partial charge in [0.2, 0.25) is 0 Å². The van der Waals surface area contributed by atoms with E-state index in [4.69, 9.17) is 4.74 Å². The maximum atomic E-state index is 11.8. The fraction of sp³-hybridized carbons (Fsp3) is 0.833. The van der Waals surface area contributed by atoms with Crippen molar-refractivity contribution < 1.29 is 14.3 Å². The van der Waals surface area contributed by atoms with E-state index in [1.165, 1.54) is 0 Å². The molecule has 0 amide bonds. The maximum absolute atomic E-state index is 11.8. The molecule has 0 spiro atoms. The summed E-state index contributed by atoms with van der Waals surface area (Å²) in [6, 6.07) is 0. The summed E-state index contributed by atoms with van der Waals surface area (Å²) in [7, 11) is 0. The van der Waals surface area contributed by atoms with Crippen LogP contribution in [0, 0.1) is 5.41 Å². The van der Waals surface area contributed by atoms with E-state index in [9.17, 15) is 9.59 Å². The molecule has 3 nitrogen and oxygen atoms in total. The van der Waals surface area contributed by atoms with Crippen molar-refractivity contribution in [2.24, 2.45) is 5.41 Å². The Morgan fingerprint density at radius 2 is 2.20 bits per heavy atom. The van der Waals surface area contributed by atoms with Gasteiger partial charge in [0.1, 0.15) is 11.2 Å². The van der Waals surface area contributed by atoms with E-state index in [0.717, 1.165) is 25.7 Å². The minimum atomic E-state index is -0.855. The molecule has 1 aliphatic carbocycles. The molecule has 1 fully saturated rings. The molecule has 0 aliphatic heterocycles. The predicted octanol–water partition coefficient (Wildman–Crippen LogP) is 2.48. The highest BCUT2D eigenvalue weighted by Crippen LogP contribution is 2.33. The van der Waals surface area contributed by atoms with Gasteiger partial charge in [-0.25, -0.2) is 0 Å². The molecule has 0 aromatic carbocycles. The van der Waals surface area contributed by atoms with Gasteiger partial charge in [0.25, 0.3) is 0 Å². The molecule has 86 valence electrons. The number of Topliss-reactive ketones (excluding diaryl/α,β-unsaturated/α-hetero) is 1. The standard InChI is InChI=1S/C12H20O3/c1-3-4-9-15-11(14)12(2)8-6-5-7-10(12)13/h3-9H2,1-2H3. The fourth-order valence-electron chi connectivity index (χ4n) is 1.86. The molecule has 1 saturated carbocycles. The highest BCUT2D eigenvalue weighted by molar-refractivity contribution is 6.03. The number of ether oxygens (including phenoxy) is 1. The largest absolute Gasteiger partial charge is 0.465 e. The topological polar surface area (TPSA) is 43.4 Å². The molecule has 1 unspecified atom stereocenters. The fourth-order valence-corrected chi connectivity index (χ4v) is 1.86. The Balaban J connectivity index is 2.51. The van der Waals surface area contributed by atoms with Crippen molar-refractivity contribution in [2.45, 2.75) is 52.4 Å². The zero-order chi connectivity index (χ0) is 11.3. The third-order valence-corrected chi connectivity index (χ3v) is 3.13. The first kappa shape index (κ1) is 12.2. The van der Waals surface area contributed by atoms with Gasteiger partial charge < -0.3 is 4.74 Å². The van der Waals surface area contributed by atoms with Gasteiger partial charge in [-0.3, -0.25) is 9.59 Å². The Bertz CT molecular complexity index is 247. The maximum Gasteiger partial charge on any atom is 0.319 e. The predicted molar refractivity (Wildman–Crippen MR) is 57.4 cm³/mol. The molecule has 0 heterocycles. The van der Waals surface area contributed by atoms with Crippen LogP contribution in [0.5, 0.6) is 0 Å². The summed E-state index contributed by atoms with van der Waals surface area (Å²) < 4.78 is 5.14. The van der Waals surface area contributed by atoms with Crippen LogP contribution in [-0.2, 0) is 14.3 Å². The number of unbranched alkanes of at least 4 members (excludes halogenated alkanes) is 1. The van der Waals surface area contributed by atoms with Crippen molar-refractivity contribution >= 4 is 11.8 Å². The highest BCUT2D eigenvalue weighted by Gasteiger charge is 2.43. The van der Waals surface area contributed by atoms with E-state index >= 15 is 0 Å². The Morgan fingerprint density at radius 1 is 1.47 bits per heavy atom. The van der Waals surface area contributed by atoms with Crippen LogP contribution in [0.2, 0.25) is 0 Å². The van der Waals surface area contributed by atoms with Gasteiger partial charge in [0.05, 0.1) is 6.61 Å². The first-order valence-electron chi connectivity index (χ1n) is 5.82. The second-order valence-corrected chi connectivity index (χ2v) is 4.45. The molecule has 1 atom stereocenters. The van der Waals surface area contributed by atoms with Gasteiger partial charge in [-0.1, -0.05) is 19.8 Å². The number of rotatable bonds is 4. The molecule has 0 N–H and O–H groups in total. The van der Waals surface area contributed by atoms with Crippen LogP contribution in [-0.4, -0.2) is 18.4 Å². The molecule has 0 aromatic heterocycles. The minimum absolute atomic E-state index is 0.0512. The number of carbonyl (C=O) groups is 2. The highest BCUT2D eigenvalue weighted by atomic mass is 16.5. The number of carbonyl (C=O) groups excluding carboxylic acids is 2. The summed E-state index contributed by atoms with van der Waals surface area (Å²) in [5.41, 5.74) is -0.855. The Hall–Kier alpha value is -0.860. The average molecular weight is 212 g/mol. The molecule has 0 aromatic rings. The third kappa shape index (κ3) is 2.80. The molecular weight excluding hydrogens is 192 g/mol. The lowest BCUT2D eigenvalue weighted by atomic mass is 9.74. The summed E-state index contributed by atoms with van der Waals surface area (Å²) in [4.78, 5) is 23.5. The Kier molecular flexibility index (Phi) is 4.30. The normalized spacial score (nSPS) is 26.4. The van der Waals surface area contributed by atoms with Crippen LogP contribution >= 0.6 is 0 Å². The SMILES string of the molecule is CCCCOC(=O)C1(C)CCCCC1=O. The molecule has 3 heteroatoms. The first-order valence-corrected chi connectivity index (χ1v) is 5.82. The minimum Gasteiger partial charge on any atom is -0.465 e. The lowest BCUT2D eigenvalue weighted by Crippen LogP contribution is -2.40. The van der Waals surface area contributed by atoms with Crippen LogP contribution in [0.1, 0.15) is 52.4 Å². The molecule has 1 rings (SSSR count). The number of esters is 1. The summed E-state index contributed by atoms with van der Waals surface area (Å²) in [5, 5.41) is 0. The van der Waals surface area contributed by atoms with Crippen LogP contribution in [0.4, 0.5) is 0 Å². The summed E-state index contributed by atoms with van der Waals surface area (Å²) in [6.45, 7) is 4.21. The van der Waals surface area contributed by atoms with Gasteiger partial charge >= 0.3 is 5.97 Å². The molecule has 0 bridgehead atoms. The Labute approximate surface area is 91.2 Å². The summed E-state index contributed by atoms with van der Waals surface area (Å²) in [5.74, 6) is -0.268. The van der Waals surface area contributed by atoms with Crippen LogP contribution in [0.3, 0.4) is 0 Å². The van der Waals surface area contributed by atoms with E-state index in [-0.39, 0.29) is 11.8 Å². The molecule has 0 saturated heterocycles. The van der Waals surface area contributed by atoms with E-state index in [2.05, 4.69) is 0 Å². The Morgan fingerprint density at radius 3 is 2.80 bits per heavy atom. The third-order valence-electron chi connectivity index (χ3n) is 3.13. The van der Waals surface area contributed by atoms with Crippen molar-refractivity contribution in [3.63, 3.8) is 0 Å². The van der Waals surface area contributed by atoms with Crippen LogP contribution in [0.15, 0.2) is 0 Å². The second kappa shape index (κ2) is 5.29. The first-order chi connectivity index (χ1) is 7.11. The van der Waals surface area contributed by atoms with Crippen molar-refractivity contribution in [1.29, 1.82) is 0 Å². The lowest BCUT2D eigenvalue weighted by Gasteiger charge is -2.29. The van der Waals surface area contributed by atoms with Crippen LogP contribution in [0.25, 0.3) is 0 Å². The van der Waals surface area contributed by atoms with E-state index < -0.39 is 5.41 Å². The molecule has 0 radical (unpaired) electrons. The van der Waals surface area contributed by atoms with Gasteiger partial charge in [-0.2, -0.15) is 0 Å². The van der Waals surface area contributed by atoms with Crippen LogP contribution < -0.4 is 0 Å². The van der Waals surface area contributed by atoms with Crippen molar-refractivity contribution in [3.05, 3.63) is 0 Å². The average Bonchev–Trinajstić information content (AvgIpc) is 2.23. The van der Waals surface area contributed by atoms with Crippen molar-refractivity contribution in [3.8, 4) is 0 Å². The molecule has 15 heavy (non-hydrogen) atoms.